The first kappa shape index (κ1) is 24.1. The predicted molar refractivity (Wildman–Crippen MR) is 139 cm³/mol. The van der Waals surface area contributed by atoms with Gasteiger partial charge in [-0.2, -0.15) is 0 Å². The first-order valence-electron chi connectivity index (χ1n) is 11.9. The Kier molecular flexibility index (Phi) is 7.34. The van der Waals surface area contributed by atoms with E-state index in [2.05, 4.69) is 5.32 Å². The zero-order valence-electron chi connectivity index (χ0n) is 19.6. The van der Waals surface area contributed by atoms with Gasteiger partial charge in [0.2, 0.25) is 5.91 Å². The lowest BCUT2D eigenvalue weighted by molar-refractivity contribution is -0.113. The molecule has 1 fully saturated rings. The maximum absolute atomic E-state index is 12.9. The van der Waals surface area contributed by atoms with Gasteiger partial charge in [0, 0.05) is 24.1 Å². The molecule has 1 N–H and O–H groups in total. The van der Waals surface area contributed by atoms with Crippen LogP contribution in [0.3, 0.4) is 0 Å². The lowest BCUT2D eigenvalue weighted by Gasteiger charge is -2.17. The van der Waals surface area contributed by atoms with Gasteiger partial charge in [0.05, 0.1) is 29.5 Å². The van der Waals surface area contributed by atoms with E-state index in [1.807, 2.05) is 30.3 Å². The van der Waals surface area contributed by atoms with E-state index in [1.165, 1.54) is 10.5 Å². The third kappa shape index (κ3) is 5.61. The fraction of sp³-hybridized carbons (Fsp3) is 0.250. The number of hydrogen-bond acceptors (Lipinski definition) is 6. The van der Waals surface area contributed by atoms with Gasteiger partial charge in [-0.15, -0.1) is 11.8 Å². The first-order chi connectivity index (χ1) is 17.6. The molecule has 1 atom stereocenters. The fourth-order valence-corrected chi connectivity index (χ4v) is 5.09. The largest absolute Gasteiger partial charge is 0.457 e. The third-order valence-corrected chi connectivity index (χ3v) is 7.05. The Labute approximate surface area is 213 Å². The van der Waals surface area contributed by atoms with Crippen LogP contribution in [0.2, 0.25) is 0 Å². The quantitative estimate of drug-likeness (QED) is 0.409. The minimum absolute atomic E-state index is 0.0962. The number of imide groups is 1. The molecule has 5 rings (SSSR count). The number of hydrogen-bond donors (Lipinski definition) is 1. The Bertz CT molecular complexity index is 1270. The highest BCUT2D eigenvalue weighted by Crippen LogP contribution is 2.31. The summed E-state index contributed by atoms with van der Waals surface area (Å²) in [5.41, 5.74) is 2.50. The molecule has 2 aliphatic rings. The number of nitrogens with zero attached hydrogens (tertiary/aromatic N) is 1. The van der Waals surface area contributed by atoms with Crippen LogP contribution in [0, 0.1) is 0 Å². The van der Waals surface area contributed by atoms with E-state index in [1.54, 1.807) is 54.2 Å². The SMILES string of the molecule is O=C(CSCc1ccccc1)Nc1cccc(Oc2ccc3c(c2)C(=O)N(CC2CCCO2)C3=O)c1. The Morgan fingerprint density at radius 3 is 2.58 bits per heavy atom. The molecule has 1 saturated heterocycles. The zero-order valence-corrected chi connectivity index (χ0v) is 20.5. The minimum atomic E-state index is -0.329. The van der Waals surface area contributed by atoms with Gasteiger partial charge in [-0.3, -0.25) is 19.3 Å². The molecule has 36 heavy (non-hydrogen) atoms. The highest BCUT2D eigenvalue weighted by Gasteiger charge is 2.37. The molecule has 7 nitrogen and oxygen atoms in total. The molecule has 0 saturated carbocycles. The molecule has 184 valence electrons. The molecule has 1 unspecified atom stereocenters. The van der Waals surface area contributed by atoms with Gasteiger partial charge < -0.3 is 14.8 Å². The van der Waals surface area contributed by atoms with E-state index >= 15 is 0 Å². The lowest BCUT2D eigenvalue weighted by atomic mass is 10.1. The minimum Gasteiger partial charge on any atom is -0.457 e. The number of carbonyl (C=O) groups excluding carboxylic acids is 3. The second-order valence-corrected chi connectivity index (χ2v) is 9.71. The molecule has 0 aliphatic carbocycles. The highest BCUT2D eigenvalue weighted by atomic mass is 32.2. The zero-order chi connectivity index (χ0) is 24.9. The van der Waals surface area contributed by atoms with Crippen molar-refractivity contribution in [2.24, 2.45) is 0 Å². The molecule has 3 aromatic rings. The highest BCUT2D eigenvalue weighted by molar-refractivity contribution is 7.99. The van der Waals surface area contributed by atoms with E-state index < -0.39 is 0 Å². The van der Waals surface area contributed by atoms with E-state index in [4.69, 9.17) is 9.47 Å². The average Bonchev–Trinajstić information content (AvgIpc) is 3.48. The summed E-state index contributed by atoms with van der Waals surface area (Å²) in [5.74, 6) is 1.33. The van der Waals surface area contributed by atoms with E-state index in [0.717, 1.165) is 18.6 Å². The van der Waals surface area contributed by atoms with Crippen molar-refractivity contribution < 1.29 is 23.9 Å². The van der Waals surface area contributed by atoms with Gasteiger partial charge in [0.15, 0.2) is 0 Å². The predicted octanol–water partition coefficient (Wildman–Crippen LogP) is 5.13. The average molecular weight is 503 g/mol. The van der Waals surface area contributed by atoms with Crippen LogP contribution in [0.1, 0.15) is 39.1 Å². The van der Waals surface area contributed by atoms with Crippen molar-refractivity contribution in [3.8, 4) is 11.5 Å². The van der Waals surface area contributed by atoms with Crippen molar-refractivity contribution in [1.82, 2.24) is 4.90 Å². The van der Waals surface area contributed by atoms with Gasteiger partial charge in [0.25, 0.3) is 11.8 Å². The van der Waals surface area contributed by atoms with Crippen molar-refractivity contribution in [1.29, 1.82) is 0 Å². The topological polar surface area (TPSA) is 84.9 Å². The summed E-state index contributed by atoms with van der Waals surface area (Å²) >= 11 is 1.55. The second kappa shape index (κ2) is 11.0. The molecular formula is C28H26N2O5S. The van der Waals surface area contributed by atoms with Crippen LogP contribution in [-0.2, 0) is 15.3 Å². The number of benzene rings is 3. The van der Waals surface area contributed by atoms with Crippen LogP contribution in [0.25, 0.3) is 0 Å². The first-order valence-corrected chi connectivity index (χ1v) is 13.0. The number of fused-ring (bicyclic) bond motifs is 1. The molecule has 8 heteroatoms. The molecular weight excluding hydrogens is 476 g/mol. The van der Waals surface area contributed by atoms with E-state index in [0.29, 0.717) is 40.7 Å². The van der Waals surface area contributed by atoms with Crippen molar-refractivity contribution in [3.63, 3.8) is 0 Å². The molecule has 0 radical (unpaired) electrons. The normalized spacial score (nSPS) is 16.8. The summed E-state index contributed by atoms with van der Waals surface area (Å²) in [5, 5.41) is 2.89. The standard InChI is InChI=1S/C28H26N2O5S/c31-26(18-36-17-19-6-2-1-3-7-19)29-20-8-4-9-21(14-20)35-22-11-12-24-25(15-22)28(33)30(27(24)32)16-23-10-5-13-34-23/h1-4,6-9,11-12,14-15,23H,5,10,13,16-18H2,(H,29,31). The summed E-state index contributed by atoms with van der Waals surface area (Å²) in [6.07, 6.45) is 1.69. The van der Waals surface area contributed by atoms with Crippen LogP contribution < -0.4 is 10.1 Å². The number of nitrogens with one attached hydrogen (secondary N) is 1. The van der Waals surface area contributed by atoms with Crippen LogP contribution in [-0.4, -0.2) is 47.6 Å². The van der Waals surface area contributed by atoms with Gasteiger partial charge in [-0.05, 0) is 48.7 Å². The summed E-state index contributed by atoms with van der Waals surface area (Å²) < 4.78 is 11.5. The summed E-state index contributed by atoms with van der Waals surface area (Å²) in [6.45, 7) is 0.936. The van der Waals surface area contributed by atoms with Crippen LogP contribution in [0.15, 0.2) is 72.8 Å². The number of anilines is 1. The second-order valence-electron chi connectivity index (χ2n) is 8.72. The Hall–Kier alpha value is -3.62. The fourth-order valence-electron chi connectivity index (χ4n) is 4.30. The van der Waals surface area contributed by atoms with Crippen molar-refractivity contribution in [2.45, 2.75) is 24.7 Å². The number of carbonyl (C=O) groups is 3. The molecule has 2 heterocycles. The van der Waals surface area contributed by atoms with Gasteiger partial charge in [0.1, 0.15) is 11.5 Å². The molecule has 0 bridgehead atoms. The van der Waals surface area contributed by atoms with Crippen LogP contribution in [0.4, 0.5) is 5.69 Å². The number of thioether (sulfide) groups is 1. The monoisotopic (exact) mass is 502 g/mol. The van der Waals surface area contributed by atoms with Gasteiger partial charge >= 0.3 is 0 Å². The number of amides is 3. The smallest absolute Gasteiger partial charge is 0.261 e. The number of rotatable bonds is 9. The summed E-state index contributed by atoms with van der Waals surface area (Å²) in [7, 11) is 0. The van der Waals surface area contributed by atoms with Crippen LogP contribution >= 0.6 is 11.8 Å². The molecule has 0 aromatic heterocycles. The Balaban J connectivity index is 1.19. The van der Waals surface area contributed by atoms with Crippen LogP contribution in [0.5, 0.6) is 11.5 Å². The molecule has 3 aromatic carbocycles. The number of ether oxygens (including phenoxy) is 2. The molecule has 2 aliphatic heterocycles. The Morgan fingerprint density at radius 1 is 0.972 bits per heavy atom. The molecule has 0 spiro atoms. The van der Waals surface area contributed by atoms with Crippen molar-refractivity contribution in [3.05, 3.63) is 89.5 Å². The van der Waals surface area contributed by atoms with E-state index in [9.17, 15) is 14.4 Å². The summed E-state index contributed by atoms with van der Waals surface area (Å²) in [6, 6.07) is 22.0. The van der Waals surface area contributed by atoms with Crippen molar-refractivity contribution >= 4 is 35.2 Å². The Morgan fingerprint density at radius 2 is 1.78 bits per heavy atom. The molecule has 3 amide bonds. The maximum atomic E-state index is 12.9. The van der Waals surface area contributed by atoms with Crippen molar-refractivity contribution in [2.75, 3.05) is 24.2 Å². The van der Waals surface area contributed by atoms with Gasteiger partial charge in [-0.1, -0.05) is 36.4 Å². The lowest BCUT2D eigenvalue weighted by Crippen LogP contribution is -2.36. The maximum Gasteiger partial charge on any atom is 0.261 e. The van der Waals surface area contributed by atoms with Gasteiger partial charge in [-0.25, -0.2) is 0 Å². The summed E-state index contributed by atoms with van der Waals surface area (Å²) in [4.78, 5) is 39.3. The third-order valence-electron chi connectivity index (χ3n) is 6.05. The van der Waals surface area contributed by atoms with E-state index in [-0.39, 0.29) is 30.4 Å².